The van der Waals surface area contributed by atoms with Crippen LogP contribution in [0.15, 0.2) is 33.5 Å². The predicted octanol–water partition coefficient (Wildman–Crippen LogP) is 2.87. The van der Waals surface area contributed by atoms with Crippen molar-refractivity contribution in [3.63, 3.8) is 0 Å². The highest BCUT2D eigenvalue weighted by Crippen LogP contribution is 2.25. The van der Waals surface area contributed by atoms with E-state index in [1.165, 1.54) is 0 Å². The van der Waals surface area contributed by atoms with Gasteiger partial charge >= 0.3 is 0 Å². The fourth-order valence-corrected chi connectivity index (χ4v) is 2.21. The number of rotatable bonds is 4. The summed E-state index contributed by atoms with van der Waals surface area (Å²) in [4.78, 5) is 19.0. The lowest BCUT2D eigenvalue weighted by Crippen LogP contribution is -2.28. The molecule has 2 aromatic rings. The van der Waals surface area contributed by atoms with Crippen molar-refractivity contribution >= 4 is 15.9 Å². The van der Waals surface area contributed by atoms with Gasteiger partial charge in [0.15, 0.2) is 0 Å². The SMILES string of the molecule is COC(C)(C)Cc1nc(O)c(-c2ccc(Br)cc2)c(=O)[nH]1. The summed E-state index contributed by atoms with van der Waals surface area (Å²) < 4.78 is 6.20. The Balaban J connectivity index is 2.43. The lowest BCUT2D eigenvalue weighted by atomic mass is 10.0. The topological polar surface area (TPSA) is 75.2 Å². The van der Waals surface area contributed by atoms with Gasteiger partial charge in [-0.2, -0.15) is 4.98 Å². The average molecular weight is 353 g/mol. The summed E-state index contributed by atoms with van der Waals surface area (Å²) in [7, 11) is 1.59. The number of H-pyrrole nitrogens is 1. The molecule has 1 heterocycles. The lowest BCUT2D eigenvalue weighted by molar-refractivity contribution is 0.0214. The summed E-state index contributed by atoms with van der Waals surface area (Å²) in [5.74, 6) is 0.119. The van der Waals surface area contributed by atoms with Crippen molar-refractivity contribution in [3.8, 4) is 17.0 Å². The number of aromatic amines is 1. The van der Waals surface area contributed by atoms with E-state index in [1.54, 1.807) is 31.4 Å². The Morgan fingerprint density at radius 2 is 1.95 bits per heavy atom. The van der Waals surface area contributed by atoms with Crippen LogP contribution in [0.2, 0.25) is 0 Å². The largest absolute Gasteiger partial charge is 0.493 e. The first-order valence-corrected chi connectivity index (χ1v) is 7.25. The molecule has 0 aliphatic carbocycles. The van der Waals surface area contributed by atoms with Crippen molar-refractivity contribution in [2.24, 2.45) is 0 Å². The molecule has 6 heteroatoms. The number of hydrogen-bond donors (Lipinski definition) is 2. The maximum Gasteiger partial charge on any atom is 0.262 e. The van der Waals surface area contributed by atoms with Crippen molar-refractivity contribution in [1.82, 2.24) is 9.97 Å². The molecule has 0 spiro atoms. The van der Waals surface area contributed by atoms with Crippen LogP contribution in [-0.2, 0) is 11.2 Å². The molecule has 0 fully saturated rings. The Kier molecular flexibility index (Phi) is 4.49. The van der Waals surface area contributed by atoms with E-state index in [0.29, 0.717) is 17.8 Å². The van der Waals surface area contributed by atoms with Crippen molar-refractivity contribution in [2.45, 2.75) is 25.9 Å². The van der Waals surface area contributed by atoms with E-state index in [9.17, 15) is 9.90 Å². The van der Waals surface area contributed by atoms with Gasteiger partial charge in [-0.15, -0.1) is 0 Å². The van der Waals surface area contributed by atoms with Crippen LogP contribution < -0.4 is 5.56 Å². The second-order valence-corrected chi connectivity index (χ2v) is 6.27. The maximum absolute atomic E-state index is 12.2. The van der Waals surface area contributed by atoms with E-state index in [4.69, 9.17) is 4.74 Å². The van der Waals surface area contributed by atoms with E-state index in [1.807, 2.05) is 13.8 Å². The molecule has 0 radical (unpaired) electrons. The fourth-order valence-electron chi connectivity index (χ4n) is 1.94. The molecule has 0 saturated heterocycles. The highest BCUT2D eigenvalue weighted by Gasteiger charge is 2.21. The van der Waals surface area contributed by atoms with Crippen molar-refractivity contribution < 1.29 is 9.84 Å². The highest BCUT2D eigenvalue weighted by molar-refractivity contribution is 9.10. The van der Waals surface area contributed by atoms with Crippen LogP contribution in [0, 0.1) is 0 Å². The van der Waals surface area contributed by atoms with Crippen LogP contribution in [0.3, 0.4) is 0 Å². The first kappa shape index (κ1) is 15.7. The minimum Gasteiger partial charge on any atom is -0.493 e. The molecule has 21 heavy (non-hydrogen) atoms. The first-order valence-electron chi connectivity index (χ1n) is 6.45. The average Bonchev–Trinajstić information content (AvgIpc) is 2.39. The van der Waals surface area contributed by atoms with Gasteiger partial charge < -0.3 is 14.8 Å². The molecular weight excluding hydrogens is 336 g/mol. The third-order valence-electron chi connectivity index (χ3n) is 3.23. The zero-order chi connectivity index (χ0) is 15.6. The third-order valence-corrected chi connectivity index (χ3v) is 3.76. The molecule has 0 saturated carbocycles. The first-order chi connectivity index (χ1) is 9.82. The molecule has 0 aliphatic rings. The number of nitrogens with one attached hydrogen (secondary N) is 1. The van der Waals surface area contributed by atoms with Gasteiger partial charge in [-0.1, -0.05) is 28.1 Å². The molecule has 2 N–H and O–H groups in total. The zero-order valence-electron chi connectivity index (χ0n) is 12.1. The Morgan fingerprint density at radius 1 is 1.33 bits per heavy atom. The zero-order valence-corrected chi connectivity index (χ0v) is 13.7. The molecule has 5 nitrogen and oxygen atoms in total. The molecule has 2 rings (SSSR count). The van der Waals surface area contributed by atoms with Gasteiger partial charge in [0.2, 0.25) is 5.88 Å². The summed E-state index contributed by atoms with van der Waals surface area (Å²) in [5, 5.41) is 10.1. The third kappa shape index (κ3) is 3.71. The second-order valence-electron chi connectivity index (χ2n) is 5.36. The number of benzene rings is 1. The smallest absolute Gasteiger partial charge is 0.262 e. The van der Waals surface area contributed by atoms with Crippen LogP contribution in [0.4, 0.5) is 0 Å². The molecule has 1 aromatic carbocycles. The Morgan fingerprint density at radius 3 is 2.48 bits per heavy atom. The van der Waals surface area contributed by atoms with Crippen LogP contribution in [0.1, 0.15) is 19.7 Å². The Hall–Kier alpha value is -1.66. The quantitative estimate of drug-likeness (QED) is 0.886. The summed E-state index contributed by atoms with van der Waals surface area (Å²) in [6.07, 6.45) is 0.396. The van der Waals surface area contributed by atoms with E-state index < -0.39 is 5.60 Å². The molecule has 1 aromatic heterocycles. The molecule has 0 atom stereocenters. The van der Waals surface area contributed by atoms with Crippen molar-refractivity contribution in [3.05, 3.63) is 44.9 Å². The van der Waals surface area contributed by atoms with Gasteiger partial charge in [0.05, 0.1) is 5.60 Å². The van der Waals surface area contributed by atoms with Crippen LogP contribution in [-0.4, -0.2) is 27.8 Å². The molecule has 0 amide bonds. The Labute approximate surface area is 131 Å². The summed E-state index contributed by atoms with van der Waals surface area (Å²) >= 11 is 3.33. The monoisotopic (exact) mass is 352 g/mol. The van der Waals surface area contributed by atoms with Gasteiger partial charge in [-0.05, 0) is 31.5 Å². The number of aromatic hydroxyl groups is 1. The fraction of sp³-hybridized carbons (Fsp3) is 0.333. The van der Waals surface area contributed by atoms with E-state index in [2.05, 4.69) is 25.9 Å². The summed E-state index contributed by atoms with van der Waals surface area (Å²) in [6.45, 7) is 3.76. The van der Waals surface area contributed by atoms with Crippen molar-refractivity contribution in [2.75, 3.05) is 7.11 Å². The number of nitrogens with zero attached hydrogens (tertiary/aromatic N) is 1. The minimum atomic E-state index is -0.471. The van der Waals surface area contributed by atoms with Crippen LogP contribution in [0.25, 0.3) is 11.1 Å². The normalized spacial score (nSPS) is 11.6. The van der Waals surface area contributed by atoms with Gasteiger partial charge in [0.25, 0.3) is 5.56 Å². The van der Waals surface area contributed by atoms with Gasteiger partial charge in [-0.25, -0.2) is 0 Å². The van der Waals surface area contributed by atoms with E-state index >= 15 is 0 Å². The van der Waals surface area contributed by atoms with Crippen LogP contribution >= 0.6 is 15.9 Å². The highest BCUT2D eigenvalue weighted by atomic mass is 79.9. The summed E-state index contributed by atoms with van der Waals surface area (Å²) in [5.41, 5.74) is -0.0585. The molecule has 0 unspecified atom stereocenters. The molecule has 0 aliphatic heterocycles. The van der Waals surface area contributed by atoms with Gasteiger partial charge in [0, 0.05) is 18.0 Å². The summed E-state index contributed by atoms with van der Waals surface area (Å²) in [6, 6.07) is 7.09. The van der Waals surface area contributed by atoms with Gasteiger partial charge in [-0.3, -0.25) is 4.79 Å². The number of aromatic nitrogens is 2. The lowest BCUT2D eigenvalue weighted by Gasteiger charge is -2.22. The standard InChI is InChI=1S/C15H17BrN2O3/c1-15(2,21-3)8-11-17-13(19)12(14(20)18-11)9-4-6-10(16)7-5-9/h4-7H,8H2,1-3H3,(H2,17,18,19,20). The maximum atomic E-state index is 12.2. The molecule has 0 bridgehead atoms. The minimum absolute atomic E-state index is 0.168. The number of methoxy groups -OCH3 is 1. The number of halogens is 1. The van der Waals surface area contributed by atoms with E-state index in [-0.39, 0.29) is 17.0 Å². The Bertz CT molecular complexity index is 693. The van der Waals surface area contributed by atoms with Gasteiger partial charge in [0.1, 0.15) is 11.4 Å². The molecular formula is C15H17BrN2O3. The van der Waals surface area contributed by atoms with Crippen molar-refractivity contribution in [1.29, 1.82) is 0 Å². The number of ether oxygens (including phenoxy) is 1. The predicted molar refractivity (Wildman–Crippen MR) is 84.5 cm³/mol. The van der Waals surface area contributed by atoms with E-state index in [0.717, 1.165) is 4.47 Å². The number of hydrogen-bond acceptors (Lipinski definition) is 4. The molecule has 112 valence electrons. The van der Waals surface area contributed by atoms with Crippen LogP contribution in [0.5, 0.6) is 5.88 Å². The second kappa shape index (κ2) is 5.99.